The third-order valence-electron chi connectivity index (χ3n) is 2.84. The smallest absolute Gasteiger partial charge is 0.360 e. The summed E-state index contributed by atoms with van der Waals surface area (Å²) < 4.78 is 11.5. The molecule has 0 aliphatic heterocycles. The van der Waals surface area contributed by atoms with Crippen molar-refractivity contribution in [3.63, 3.8) is 0 Å². The number of carbonyl (C=O) groups excluding carboxylic acids is 1. The van der Waals surface area contributed by atoms with Gasteiger partial charge in [0.25, 0.3) is 0 Å². The van der Waals surface area contributed by atoms with Crippen LogP contribution in [0.5, 0.6) is 0 Å². The fourth-order valence-corrected chi connectivity index (χ4v) is 1.82. The highest BCUT2D eigenvalue weighted by atomic mass is 16.5. The van der Waals surface area contributed by atoms with Crippen molar-refractivity contribution in [3.05, 3.63) is 41.5 Å². The zero-order chi connectivity index (χ0) is 14.4. The molecule has 0 atom stereocenters. The zero-order valence-electron chi connectivity index (χ0n) is 11.4. The second-order valence-corrected chi connectivity index (χ2v) is 4.13. The van der Waals surface area contributed by atoms with Crippen LogP contribution in [0.15, 0.2) is 24.5 Å². The molecule has 2 aromatic heterocycles. The number of aromatic nitrogens is 4. The molecule has 0 aliphatic rings. The lowest BCUT2D eigenvalue weighted by atomic mass is 10.2. The summed E-state index contributed by atoms with van der Waals surface area (Å²) in [7, 11) is 2.93. The number of hydrogen-bond donors (Lipinski definition) is 0. The summed E-state index contributed by atoms with van der Waals surface area (Å²) in [4.78, 5) is 15.6. The van der Waals surface area contributed by atoms with E-state index in [2.05, 4.69) is 15.3 Å². The first-order valence-electron chi connectivity index (χ1n) is 6.14. The summed E-state index contributed by atoms with van der Waals surface area (Å²) in [6.45, 7) is 0.999. The van der Waals surface area contributed by atoms with Gasteiger partial charge in [-0.1, -0.05) is 5.21 Å². The number of pyridine rings is 1. The fraction of sp³-hybridized carbons (Fsp3) is 0.385. The van der Waals surface area contributed by atoms with Crippen molar-refractivity contribution in [2.45, 2.75) is 13.0 Å². The lowest BCUT2D eigenvalue weighted by Crippen LogP contribution is -2.12. The number of methoxy groups -OCH3 is 2. The maximum atomic E-state index is 11.7. The van der Waals surface area contributed by atoms with Gasteiger partial charge in [-0.05, 0) is 17.7 Å². The molecule has 106 valence electrons. The van der Waals surface area contributed by atoms with Gasteiger partial charge >= 0.3 is 5.97 Å². The summed E-state index contributed by atoms with van der Waals surface area (Å²) in [5.41, 5.74) is 1.97. The largest absolute Gasteiger partial charge is 0.464 e. The van der Waals surface area contributed by atoms with Crippen molar-refractivity contribution < 1.29 is 14.3 Å². The van der Waals surface area contributed by atoms with E-state index in [1.165, 1.54) is 7.11 Å². The predicted molar refractivity (Wildman–Crippen MR) is 70.3 cm³/mol. The van der Waals surface area contributed by atoms with Crippen LogP contribution in [0.25, 0.3) is 0 Å². The van der Waals surface area contributed by atoms with Crippen LogP contribution < -0.4 is 0 Å². The summed E-state index contributed by atoms with van der Waals surface area (Å²) in [5.74, 6) is -0.489. The molecule has 0 spiro atoms. The first-order valence-corrected chi connectivity index (χ1v) is 6.14. The Morgan fingerprint density at radius 2 is 2.05 bits per heavy atom. The van der Waals surface area contributed by atoms with Gasteiger partial charge in [0.2, 0.25) is 0 Å². The first kappa shape index (κ1) is 14.1. The minimum Gasteiger partial charge on any atom is -0.464 e. The van der Waals surface area contributed by atoms with Crippen LogP contribution in [0.2, 0.25) is 0 Å². The molecule has 20 heavy (non-hydrogen) atoms. The molecule has 2 heterocycles. The van der Waals surface area contributed by atoms with E-state index in [1.54, 1.807) is 24.2 Å². The molecule has 0 saturated heterocycles. The van der Waals surface area contributed by atoms with Crippen molar-refractivity contribution in [1.82, 2.24) is 20.0 Å². The number of ether oxygens (including phenoxy) is 2. The van der Waals surface area contributed by atoms with Gasteiger partial charge in [0.1, 0.15) is 0 Å². The topological polar surface area (TPSA) is 79.1 Å². The van der Waals surface area contributed by atoms with Gasteiger partial charge in [0.05, 0.1) is 26.0 Å². The molecule has 0 amide bonds. The maximum absolute atomic E-state index is 11.7. The van der Waals surface area contributed by atoms with Crippen molar-refractivity contribution in [3.8, 4) is 0 Å². The molecule has 0 N–H and O–H groups in total. The van der Waals surface area contributed by atoms with E-state index in [1.807, 2.05) is 12.1 Å². The van der Waals surface area contributed by atoms with Gasteiger partial charge in [-0.15, -0.1) is 5.10 Å². The summed E-state index contributed by atoms with van der Waals surface area (Å²) in [5, 5.41) is 7.93. The average molecular weight is 276 g/mol. The molecule has 2 rings (SSSR count). The minimum atomic E-state index is -0.489. The average Bonchev–Trinajstić information content (AvgIpc) is 2.88. The van der Waals surface area contributed by atoms with Crippen LogP contribution in [-0.4, -0.2) is 46.8 Å². The van der Waals surface area contributed by atoms with Crippen LogP contribution in [0.4, 0.5) is 0 Å². The van der Waals surface area contributed by atoms with E-state index in [-0.39, 0.29) is 5.69 Å². The van der Waals surface area contributed by atoms with Crippen LogP contribution in [-0.2, 0) is 22.4 Å². The van der Waals surface area contributed by atoms with Gasteiger partial charge in [-0.2, -0.15) is 0 Å². The van der Waals surface area contributed by atoms with Crippen molar-refractivity contribution >= 4 is 5.97 Å². The Bertz CT molecular complexity index is 568. The molecule has 2 aromatic rings. The second-order valence-electron chi connectivity index (χ2n) is 4.13. The number of carbonyl (C=O) groups is 1. The molecule has 0 fully saturated rings. The van der Waals surface area contributed by atoms with Crippen molar-refractivity contribution in [2.24, 2.45) is 0 Å². The Hall–Kier alpha value is -2.28. The van der Waals surface area contributed by atoms with Gasteiger partial charge in [-0.25, -0.2) is 9.48 Å². The lowest BCUT2D eigenvalue weighted by molar-refractivity contribution is 0.0592. The molecule has 0 radical (unpaired) electrons. The summed E-state index contributed by atoms with van der Waals surface area (Å²) >= 11 is 0. The third kappa shape index (κ3) is 3.18. The van der Waals surface area contributed by atoms with Crippen LogP contribution in [0.1, 0.15) is 21.7 Å². The number of nitrogens with zero attached hydrogens (tertiary/aromatic N) is 4. The van der Waals surface area contributed by atoms with E-state index in [0.29, 0.717) is 25.3 Å². The Morgan fingerprint density at radius 3 is 2.70 bits per heavy atom. The quantitative estimate of drug-likeness (QED) is 0.722. The second kappa shape index (κ2) is 6.76. The van der Waals surface area contributed by atoms with Crippen LogP contribution in [0.3, 0.4) is 0 Å². The summed E-state index contributed by atoms with van der Waals surface area (Å²) in [6, 6.07) is 3.78. The molecule has 0 aromatic carbocycles. The van der Waals surface area contributed by atoms with Crippen LogP contribution >= 0.6 is 0 Å². The molecule has 0 aliphatic carbocycles. The van der Waals surface area contributed by atoms with E-state index in [4.69, 9.17) is 9.47 Å². The van der Waals surface area contributed by atoms with Crippen molar-refractivity contribution in [2.75, 3.05) is 20.8 Å². The summed E-state index contributed by atoms with van der Waals surface area (Å²) in [6.07, 6.45) is 3.96. The number of hydrogen-bond acceptors (Lipinski definition) is 6. The van der Waals surface area contributed by atoms with Crippen LogP contribution in [0, 0.1) is 0 Å². The first-order chi connectivity index (χ1) is 9.76. The monoisotopic (exact) mass is 276 g/mol. The van der Waals surface area contributed by atoms with E-state index < -0.39 is 5.97 Å². The molecule has 0 saturated carbocycles. The van der Waals surface area contributed by atoms with Crippen molar-refractivity contribution in [1.29, 1.82) is 0 Å². The molecule has 0 bridgehead atoms. The Balaban J connectivity index is 2.27. The van der Waals surface area contributed by atoms with Gasteiger partial charge in [-0.3, -0.25) is 4.98 Å². The zero-order valence-corrected chi connectivity index (χ0v) is 11.4. The molecule has 7 heteroatoms. The number of esters is 1. The highest BCUT2D eigenvalue weighted by Gasteiger charge is 2.20. The Kier molecular flexibility index (Phi) is 4.78. The normalized spacial score (nSPS) is 10.5. The third-order valence-corrected chi connectivity index (χ3v) is 2.84. The molecule has 0 unspecified atom stereocenters. The predicted octanol–water partition coefficient (Wildman–Crippen LogP) is 0.697. The highest BCUT2D eigenvalue weighted by Crippen LogP contribution is 2.11. The fourth-order valence-electron chi connectivity index (χ4n) is 1.82. The van der Waals surface area contributed by atoms with E-state index >= 15 is 0 Å². The maximum Gasteiger partial charge on any atom is 0.360 e. The minimum absolute atomic E-state index is 0.235. The van der Waals surface area contributed by atoms with Gasteiger partial charge in [0, 0.05) is 25.9 Å². The SMILES string of the molecule is COCCc1c(C(=O)OC)nnn1Cc1ccncc1. The van der Waals surface area contributed by atoms with Gasteiger partial charge in [0.15, 0.2) is 5.69 Å². The Labute approximate surface area is 116 Å². The highest BCUT2D eigenvalue weighted by molar-refractivity contribution is 5.88. The number of rotatable bonds is 6. The van der Waals surface area contributed by atoms with Gasteiger partial charge < -0.3 is 9.47 Å². The standard InChI is InChI=1S/C13H16N4O3/c1-19-8-5-11-12(13(18)20-2)15-16-17(11)9-10-3-6-14-7-4-10/h3-4,6-7H,5,8-9H2,1-2H3. The molecular weight excluding hydrogens is 260 g/mol. The Morgan fingerprint density at radius 1 is 1.30 bits per heavy atom. The van der Waals surface area contributed by atoms with E-state index in [9.17, 15) is 4.79 Å². The molecule has 7 nitrogen and oxygen atoms in total. The molecular formula is C13H16N4O3. The lowest BCUT2D eigenvalue weighted by Gasteiger charge is -2.07. The van der Waals surface area contributed by atoms with E-state index in [0.717, 1.165) is 5.56 Å².